The second-order valence-electron chi connectivity index (χ2n) is 5.32. The second-order valence-corrected chi connectivity index (χ2v) is 8.39. The van der Waals surface area contributed by atoms with E-state index < -0.39 is 9.84 Å². The summed E-state index contributed by atoms with van der Waals surface area (Å²) in [5.41, 5.74) is 1.02. The Morgan fingerprint density at radius 2 is 2.32 bits per heavy atom. The maximum Gasteiger partial charge on any atom is 0.185 e. The van der Waals surface area contributed by atoms with Crippen LogP contribution in [0.5, 0.6) is 0 Å². The van der Waals surface area contributed by atoms with E-state index in [0.717, 1.165) is 17.4 Å². The second kappa shape index (κ2) is 5.76. The molecule has 0 aromatic carbocycles. The van der Waals surface area contributed by atoms with Crippen molar-refractivity contribution in [2.75, 3.05) is 23.5 Å². The van der Waals surface area contributed by atoms with Crippen LogP contribution in [0.4, 0.5) is 5.13 Å². The van der Waals surface area contributed by atoms with Crippen LogP contribution in [0, 0.1) is 0 Å². The average Bonchev–Trinajstić information content (AvgIpc) is 2.92. The van der Waals surface area contributed by atoms with E-state index in [2.05, 4.69) is 24.1 Å². The number of aromatic nitrogens is 1. The number of rotatable bonds is 5. The minimum absolute atomic E-state index is 0.0713. The fourth-order valence-corrected chi connectivity index (χ4v) is 4.72. The van der Waals surface area contributed by atoms with Crippen molar-refractivity contribution in [1.29, 1.82) is 0 Å². The van der Waals surface area contributed by atoms with Crippen molar-refractivity contribution in [1.82, 2.24) is 10.3 Å². The Hall–Kier alpha value is -0.660. The van der Waals surface area contributed by atoms with Crippen molar-refractivity contribution in [3.8, 4) is 0 Å². The van der Waals surface area contributed by atoms with Gasteiger partial charge in [0.1, 0.15) is 0 Å². The van der Waals surface area contributed by atoms with Gasteiger partial charge in [0.25, 0.3) is 0 Å². The molecule has 1 fully saturated rings. The van der Waals surface area contributed by atoms with Gasteiger partial charge in [0, 0.05) is 31.1 Å². The number of nitrogens with zero attached hydrogens (tertiary/aromatic N) is 2. The molecule has 1 aliphatic rings. The van der Waals surface area contributed by atoms with Crippen molar-refractivity contribution < 1.29 is 8.42 Å². The van der Waals surface area contributed by atoms with Gasteiger partial charge in [0.05, 0.1) is 17.2 Å². The smallest absolute Gasteiger partial charge is 0.185 e. The molecule has 1 aromatic heterocycles. The Morgan fingerprint density at radius 1 is 1.58 bits per heavy atom. The quantitative estimate of drug-likeness (QED) is 0.887. The summed E-state index contributed by atoms with van der Waals surface area (Å²) >= 11 is 1.58. The Labute approximate surface area is 119 Å². The monoisotopic (exact) mass is 303 g/mol. The molecule has 0 amide bonds. The summed E-state index contributed by atoms with van der Waals surface area (Å²) in [5.74, 6) is 0.553. The van der Waals surface area contributed by atoms with E-state index in [-0.39, 0.29) is 11.8 Å². The fourth-order valence-electron chi connectivity index (χ4n) is 2.09. The normalized spacial score (nSPS) is 22.0. The van der Waals surface area contributed by atoms with E-state index >= 15 is 0 Å². The SMILES string of the molecule is CC(C)NCc1csc(N(C)C2CCS(=O)(=O)C2)n1. The number of nitrogens with one attached hydrogen (secondary N) is 1. The van der Waals surface area contributed by atoms with Crippen LogP contribution < -0.4 is 10.2 Å². The molecular formula is C12H21N3O2S2. The lowest BCUT2D eigenvalue weighted by molar-refractivity contribution is 0.582. The highest BCUT2D eigenvalue weighted by Crippen LogP contribution is 2.25. The third kappa shape index (κ3) is 3.90. The van der Waals surface area contributed by atoms with Crippen molar-refractivity contribution >= 4 is 26.3 Å². The first kappa shape index (κ1) is 14.7. The molecule has 2 heterocycles. The first-order valence-electron chi connectivity index (χ1n) is 6.48. The van der Waals surface area contributed by atoms with Gasteiger partial charge in [-0.2, -0.15) is 0 Å². The lowest BCUT2D eigenvalue weighted by atomic mass is 10.2. The molecule has 7 heteroatoms. The van der Waals surface area contributed by atoms with Crippen molar-refractivity contribution in [3.63, 3.8) is 0 Å². The van der Waals surface area contributed by atoms with Crippen molar-refractivity contribution in [2.24, 2.45) is 0 Å². The molecule has 1 aliphatic heterocycles. The summed E-state index contributed by atoms with van der Waals surface area (Å²) < 4.78 is 23.0. The molecule has 0 radical (unpaired) electrons. The van der Waals surface area contributed by atoms with Crippen LogP contribution in [0.2, 0.25) is 0 Å². The predicted octanol–water partition coefficient (Wildman–Crippen LogP) is 1.26. The fraction of sp³-hybridized carbons (Fsp3) is 0.750. The van der Waals surface area contributed by atoms with Crippen molar-refractivity contribution in [3.05, 3.63) is 11.1 Å². The molecule has 0 aliphatic carbocycles. The molecule has 1 atom stereocenters. The third-order valence-corrected chi connectivity index (χ3v) is 6.02. The van der Waals surface area contributed by atoms with E-state index in [4.69, 9.17) is 0 Å². The molecule has 0 saturated carbocycles. The van der Waals surface area contributed by atoms with Gasteiger partial charge in [-0.3, -0.25) is 0 Å². The standard InChI is InChI=1S/C12H21N3O2S2/c1-9(2)13-6-10-7-18-12(14-10)15(3)11-4-5-19(16,17)8-11/h7,9,11,13H,4-6,8H2,1-3H3. The summed E-state index contributed by atoms with van der Waals surface area (Å²) in [4.78, 5) is 6.57. The largest absolute Gasteiger partial charge is 0.347 e. The molecule has 5 nitrogen and oxygen atoms in total. The minimum Gasteiger partial charge on any atom is -0.347 e. The average molecular weight is 303 g/mol. The van der Waals surface area contributed by atoms with Crippen LogP contribution in [-0.2, 0) is 16.4 Å². The van der Waals surface area contributed by atoms with Gasteiger partial charge in [0.15, 0.2) is 15.0 Å². The van der Waals surface area contributed by atoms with E-state index in [1.165, 1.54) is 0 Å². The highest BCUT2D eigenvalue weighted by Gasteiger charge is 2.31. The van der Waals surface area contributed by atoms with Gasteiger partial charge in [-0.1, -0.05) is 13.8 Å². The molecular weight excluding hydrogens is 282 g/mol. The first-order valence-corrected chi connectivity index (χ1v) is 9.18. The minimum atomic E-state index is -2.84. The molecule has 1 unspecified atom stereocenters. The molecule has 1 saturated heterocycles. The Kier molecular flexibility index (Phi) is 4.47. The van der Waals surface area contributed by atoms with Gasteiger partial charge in [-0.15, -0.1) is 11.3 Å². The van der Waals surface area contributed by atoms with Gasteiger partial charge in [-0.05, 0) is 6.42 Å². The van der Waals surface area contributed by atoms with Crippen LogP contribution in [0.1, 0.15) is 26.0 Å². The number of sulfone groups is 1. The third-order valence-electron chi connectivity index (χ3n) is 3.29. The summed E-state index contributed by atoms with van der Waals surface area (Å²) in [6, 6.07) is 0.505. The number of thiazole rings is 1. The number of hydrogen-bond acceptors (Lipinski definition) is 6. The summed E-state index contributed by atoms with van der Waals surface area (Å²) in [6.07, 6.45) is 0.706. The highest BCUT2D eigenvalue weighted by molar-refractivity contribution is 7.91. The molecule has 1 aromatic rings. The maximum absolute atomic E-state index is 11.5. The molecule has 0 spiro atoms. The predicted molar refractivity (Wildman–Crippen MR) is 79.6 cm³/mol. The lowest BCUT2D eigenvalue weighted by Crippen LogP contribution is -2.32. The van der Waals surface area contributed by atoms with E-state index in [0.29, 0.717) is 18.2 Å². The van der Waals surface area contributed by atoms with Crippen LogP contribution in [0.3, 0.4) is 0 Å². The maximum atomic E-state index is 11.5. The van der Waals surface area contributed by atoms with Crippen LogP contribution >= 0.6 is 11.3 Å². The van der Waals surface area contributed by atoms with Gasteiger partial charge < -0.3 is 10.2 Å². The van der Waals surface area contributed by atoms with Crippen LogP contribution in [-0.4, -0.2) is 44.0 Å². The summed E-state index contributed by atoms with van der Waals surface area (Å²) in [6.45, 7) is 4.95. The first-order chi connectivity index (χ1) is 8.87. The topological polar surface area (TPSA) is 62.3 Å². The van der Waals surface area contributed by atoms with E-state index in [1.54, 1.807) is 11.3 Å². The summed E-state index contributed by atoms with van der Waals surface area (Å²) in [7, 11) is -0.906. The Bertz CT molecular complexity index is 525. The zero-order valence-electron chi connectivity index (χ0n) is 11.6. The molecule has 108 valence electrons. The zero-order valence-corrected chi connectivity index (χ0v) is 13.2. The van der Waals surface area contributed by atoms with Gasteiger partial charge >= 0.3 is 0 Å². The molecule has 19 heavy (non-hydrogen) atoms. The van der Waals surface area contributed by atoms with Gasteiger partial charge in [-0.25, -0.2) is 13.4 Å². The van der Waals surface area contributed by atoms with Crippen molar-refractivity contribution in [2.45, 2.75) is 38.9 Å². The van der Waals surface area contributed by atoms with E-state index in [1.807, 2.05) is 17.3 Å². The zero-order chi connectivity index (χ0) is 14.0. The molecule has 1 N–H and O–H groups in total. The number of hydrogen-bond donors (Lipinski definition) is 1. The molecule has 2 rings (SSSR count). The van der Waals surface area contributed by atoms with Crippen LogP contribution in [0.15, 0.2) is 5.38 Å². The van der Waals surface area contributed by atoms with E-state index in [9.17, 15) is 8.42 Å². The Morgan fingerprint density at radius 3 is 2.89 bits per heavy atom. The summed E-state index contributed by atoms with van der Waals surface area (Å²) in [5, 5.41) is 6.26. The number of anilines is 1. The highest BCUT2D eigenvalue weighted by atomic mass is 32.2. The lowest BCUT2D eigenvalue weighted by Gasteiger charge is -2.22. The van der Waals surface area contributed by atoms with Crippen LogP contribution in [0.25, 0.3) is 0 Å². The molecule has 0 bridgehead atoms. The van der Waals surface area contributed by atoms with Gasteiger partial charge in [0.2, 0.25) is 0 Å². The Balaban J connectivity index is 1.98.